The van der Waals surface area contributed by atoms with E-state index in [9.17, 15) is 24.3 Å². The third-order valence-corrected chi connectivity index (χ3v) is 10.1. The number of nitrogens with zero attached hydrogens (tertiary/aromatic N) is 2. The van der Waals surface area contributed by atoms with Crippen molar-refractivity contribution in [3.05, 3.63) is 58.6 Å². The van der Waals surface area contributed by atoms with Gasteiger partial charge in [0, 0.05) is 31.1 Å². The van der Waals surface area contributed by atoms with Gasteiger partial charge in [0.25, 0.3) is 0 Å². The number of nitrogens with one attached hydrogen (secondary N) is 1. The summed E-state index contributed by atoms with van der Waals surface area (Å²) in [4.78, 5) is 59.5. The molecule has 0 radical (unpaired) electrons. The lowest BCUT2D eigenvalue weighted by atomic mass is 9.74. The number of cyclic esters (lactones) is 1. The van der Waals surface area contributed by atoms with Crippen LogP contribution in [0.3, 0.4) is 0 Å². The van der Waals surface area contributed by atoms with Gasteiger partial charge in [-0.1, -0.05) is 78.2 Å². The van der Waals surface area contributed by atoms with Crippen molar-refractivity contribution in [1.29, 1.82) is 0 Å². The Hall–Kier alpha value is -3.06. The SMILES string of the molecule is CCCCCN1C/C=C\CCC(=O)N[C@@H](COC)[C@H](c2ccccc2)OC(=O)[C@H]2[C@@H]3O[C@@]4(C=C3Br)[C@@H]2C(=O)N([C@H](C)CO)[C@@H]4C1=O. The summed E-state index contributed by atoms with van der Waals surface area (Å²) in [7, 11) is 1.51. The monoisotopic (exact) mass is 701 g/mol. The quantitative estimate of drug-likeness (QED) is 0.228. The Kier molecular flexibility index (Phi) is 11.0. The van der Waals surface area contributed by atoms with Crippen LogP contribution in [-0.4, -0.2) is 102 Å². The van der Waals surface area contributed by atoms with Crippen molar-refractivity contribution in [2.24, 2.45) is 11.8 Å². The first-order valence-corrected chi connectivity index (χ1v) is 16.9. The number of rotatable bonds is 9. The van der Waals surface area contributed by atoms with Gasteiger partial charge < -0.3 is 34.4 Å². The smallest absolute Gasteiger partial charge is 0.313 e. The number of likely N-dealkylation sites (tertiary alicyclic amines) is 1. The van der Waals surface area contributed by atoms with Gasteiger partial charge in [-0.25, -0.2) is 0 Å². The second-order valence-corrected chi connectivity index (χ2v) is 13.4. The highest BCUT2D eigenvalue weighted by Gasteiger charge is 2.75. The number of aliphatic hydroxyl groups excluding tert-OH is 1. The molecule has 0 unspecified atom stereocenters. The summed E-state index contributed by atoms with van der Waals surface area (Å²) in [5, 5.41) is 13.2. The number of unbranched alkanes of at least 4 members (excludes halogenated alkanes) is 2. The number of carbonyl (C=O) groups excluding carboxylic acids is 4. The lowest BCUT2D eigenvalue weighted by molar-refractivity contribution is -0.163. The van der Waals surface area contributed by atoms with E-state index in [1.165, 1.54) is 12.0 Å². The molecule has 5 rings (SSSR count). The number of esters is 1. The number of allylic oxidation sites excluding steroid dienone is 1. The molecule has 2 fully saturated rings. The van der Waals surface area contributed by atoms with Crippen molar-refractivity contribution in [3.63, 3.8) is 0 Å². The van der Waals surface area contributed by atoms with Crippen molar-refractivity contribution in [2.75, 3.05) is 33.4 Å². The summed E-state index contributed by atoms with van der Waals surface area (Å²) < 4.78 is 18.8. The molecule has 12 heteroatoms. The third kappa shape index (κ3) is 6.41. The highest BCUT2D eigenvalue weighted by atomic mass is 79.9. The highest BCUT2D eigenvalue weighted by molar-refractivity contribution is 9.11. The first-order valence-electron chi connectivity index (χ1n) is 16.1. The Morgan fingerprint density at radius 1 is 1.11 bits per heavy atom. The number of ether oxygens (including phenoxy) is 3. The molecule has 1 aromatic rings. The molecule has 46 heavy (non-hydrogen) atoms. The van der Waals surface area contributed by atoms with Gasteiger partial charge in [0.15, 0.2) is 0 Å². The Labute approximate surface area is 278 Å². The van der Waals surface area contributed by atoms with Crippen LogP contribution < -0.4 is 5.32 Å². The van der Waals surface area contributed by atoms with Crippen LogP contribution >= 0.6 is 15.9 Å². The summed E-state index contributed by atoms with van der Waals surface area (Å²) in [5.74, 6) is -3.80. The number of carbonyl (C=O) groups is 4. The fourth-order valence-corrected chi connectivity index (χ4v) is 7.95. The molecule has 1 spiro atoms. The zero-order valence-corrected chi connectivity index (χ0v) is 28.2. The molecule has 0 aliphatic carbocycles. The summed E-state index contributed by atoms with van der Waals surface area (Å²) in [6, 6.07) is 6.56. The molecule has 250 valence electrons. The molecule has 11 nitrogen and oxygen atoms in total. The lowest BCUT2D eigenvalue weighted by Gasteiger charge is -2.37. The minimum absolute atomic E-state index is 0.0694. The molecular weight excluding hydrogens is 658 g/mol. The Balaban J connectivity index is 1.61. The van der Waals surface area contributed by atoms with Gasteiger partial charge >= 0.3 is 5.97 Å². The normalized spacial score (nSPS) is 33.0. The predicted molar refractivity (Wildman–Crippen MR) is 172 cm³/mol. The second-order valence-electron chi connectivity index (χ2n) is 12.5. The maximum absolute atomic E-state index is 14.6. The van der Waals surface area contributed by atoms with Crippen LogP contribution in [0, 0.1) is 11.8 Å². The number of halogens is 1. The first-order chi connectivity index (χ1) is 22.2. The number of benzene rings is 1. The van der Waals surface area contributed by atoms with Crippen LogP contribution in [0.2, 0.25) is 0 Å². The lowest BCUT2D eigenvalue weighted by Crippen LogP contribution is -2.58. The Morgan fingerprint density at radius 2 is 1.87 bits per heavy atom. The fraction of sp³-hybridized carbons (Fsp3) is 0.588. The van der Waals surface area contributed by atoms with E-state index in [2.05, 4.69) is 28.2 Å². The molecule has 5 bridgehead atoms. The van der Waals surface area contributed by atoms with Crippen molar-refractivity contribution >= 4 is 39.6 Å². The predicted octanol–water partition coefficient (Wildman–Crippen LogP) is 3.02. The number of aliphatic hydroxyl groups is 1. The number of hydrogen-bond acceptors (Lipinski definition) is 8. The van der Waals surface area contributed by atoms with E-state index < -0.39 is 59.6 Å². The Morgan fingerprint density at radius 3 is 2.57 bits per heavy atom. The molecule has 3 amide bonds. The minimum Gasteiger partial charge on any atom is -0.455 e. The van der Waals surface area contributed by atoms with Gasteiger partial charge in [0.05, 0.1) is 31.2 Å². The van der Waals surface area contributed by atoms with E-state index in [1.54, 1.807) is 30.0 Å². The molecule has 4 aliphatic heterocycles. The average molecular weight is 703 g/mol. The van der Waals surface area contributed by atoms with Gasteiger partial charge in [-0.05, 0) is 31.4 Å². The van der Waals surface area contributed by atoms with E-state index in [4.69, 9.17) is 14.2 Å². The standard InChI is InChI=1S/C34H44BrN3O8/c1-4-5-11-16-37-17-12-7-10-15-25(40)36-24(20-44-3)28(22-13-8-6-9-14-22)45-33(43)26-27-31(41)38(21(2)19-39)30(32(37)42)34(27)18-23(35)29(26)46-34/h6-9,12-14,18,21,24,26-30,39H,4-5,10-11,15-17,19-20H2,1-3H3,(H,36,40)/b12-7-/t21-,24+,26-,27+,28+,29-,30-,34+/m1/s1. The third-order valence-electron chi connectivity index (χ3n) is 9.41. The molecule has 4 aliphatic rings. The number of methoxy groups -OCH3 is 1. The highest BCUT2D eigenvalue weighted by Crippen LogP contribution is 2.59. The average Bonchev–Trinajstić information content (AvgIpc) is 3.65. The van der Waals surface area contributed by atoms with Crippen molar-refractivity contribution in [1.82, 2.24) is 15.1 Å². The number of amides is 3. The first kappa shape index (κ1) is 34.3. The Bertz CT molecular complexity index is 1350. The van der Waals surface area contributed by atoms with Crippen molar-refractivity contribution in [2.45, 2.75) is 81.9 Å². The van der Waals surface area contributed by atoms with Crippen LogP contribution in [0.25, 0.3) is 0 Å². The molecule has 2 N–H and O–H groups in total. The topological polar surface area (TPSA) is 135 Å². The van der Waals surface area contributed by atoms with Crippen LogP contribution in [-0.2, 0) is 33.4 Å². The maximum atomic E-state index is 14.6. The molecule has 2 saturated heterocycles. The summed E-state index contributed by atoms with van der Waals surface area (Å²) in [6.07, 6.45) is 7.00. The zero-order valence-electron chi connectivity index (χ0n) is 26.6. The molecular formula is C34H44BrN3O8. The molecule has 0 saturated carbocycles. The number of fused-ring (bicyclic) bond motifs is 2. The van der Waals surface area contributed by atoms with E-state index in [0.29, 0.717) is 23.0 Å². The van der Waals surface area contributed by atoms with Crippen LogP contribution in [0.1, 0.15) is 57.6 Å². The van der Waals surface area contributed by atoms with Gasteiger partial charge in [-0.15, -0.1) is 0 Å². The minimum atomic E-state index is -1.44. The summed E-state index contributed by atoms with van der Waals surface area (Å²) in [6.45, 7) is 4.21. The largest absolute Gasteiger partial charge is 0.455 e. The maximum Gasteiger partial charge on any atom is 0.313 e. The van der Waals surface area contributed by atoms with E-state index in [-0.39, 0.29) is 38.0 Å². The van der Waals surface area contributed by atoms with Gasteiger partial charge in [-0.2, -0.15) is 0 Å². The second kappa shape index (κ2) is 14.8. The summed E-state index contributed by atoms with van der Waals surface area (Å²) in [5.41, 5.74) is -0.790. The molecule has 0 aromatic heterocycles. The van der Waals surface area contributed by atoms with Crippen LogP contribution in [0.15, 0.2) is 53.0 Å². The van der Waals surface area contributed by atoms with E-state index in [0.717, 1.165) is 19.3 Å². The summed E-state index contributed by atoms with van der Waals surface area (Å²) >= 11 is 3.58. The molecule has 8 atom stereocenters. The zero-order chi connectivity index (χ0) is 33.0. The van der Waals surface area contributed by atoms with Gasteiger partial charge in [0.1, 0.15) is 29.8 Å². The van der Waals surface area contributed by atoms with Crippen LogP contribution in [0.4, 0.5) is 0 Å². The number of hydrogen-bond donors (Lipinski definition) is 2. The van der Waals surface area contributed by atoms with E-state index >= 15 is 0 Å². The molecule has 1 aromatic carbocycles. The van der Waals surface area contributed by atoms with Gasteiger partial charge in [0.2, 0.25) is 17.7 Å². The van der Waals surface area contributed by atoms with Gasteiger partial charge in [-0.3, -0.25) is 19.2 Å². The van der Waals surface area contributed by atoms with Crippen LogP contribution in [0.5, 0.6) is 0 Å². The van der Waals surface area contributed by atoms with Crippen molar-refractivity contribution < 1.29 is 38.5 Å². The molecule has 4 heterocycles. The van der Waals surface area contributed by atoms with Crippen molar-refractivity contribution in [3.8, 4) is 0 Å². The fourth-order valence-electron chi connectivity index (χ4n) is 7.21. The van der Waals surface area contributed by atoms with E-state index in [1.807, 2.05) is 30.4 Å².